The maximum Gasteiger partial charge on any atom is 0.279 e. The molecule has 0 unspecified atom stereocenters. The van der Waals surface area contributed by atoms with Crippen molar-refractivity contribution in [2.75, 3.05) is 12.3 Å². The Hall–Kier alpha value is -2.59. The molecule has 1 aliphatic rings. The third kappa shape index (κ3) is 3.22. The standard InChI is InChI=1S/C18H20FN5O3S/c1-3-10-28(25,26)24-9-8-15-13(11-24)16(21-23(15)2)18-20-17(22-27-18)12-6-4-5-7-14(12)19/h4-7H,3,8-11H2,1-2H3. The van der Waals surface area contributed by atoms with Crippen molar-refractivity contribution in [3.63, 3.8) is 0 Å². The molecule has 0 aliphatic carbocycles. The van der Waals surface area contributed by atoms with Crippen molar-refractivity contribution in [1.29, 1.82) is 0 Å². The van der Waals surface area contributed by atoms with Gasteiger partial charge in [-0.25, -0.2) is 12.8 Å². The highest BCUT2D eigenvalue weighted by molar-refractivity contribution is 7.89. The van der Waals surface area contributed by atoms with E-state index in [1.165, 1.54) is 10.4 Å². The van der Waals surface area contributed by atoms with Gasteiger partial charge >= 0.3 is 0 Å². The Bertz CT molecular complexity index is 1120. The van der Waals surface area contributed by atoms with Gasteiger partial charge in [0.2, 0.25) is 15.8 Å². The Labute approximate surface area is 162 Å². The average molecular weight is 405 g/mol. The summed E-state index contributed by atoms with van der Waals surface area (Å²) in [5.74, 6) is -0.0750. The van der Waals surface area contributed by atoms with Crippen LogP contribution >= 0.6 is 0 Å². The quantitative estimate of drug-likeness (QED) is 0.647. The number of aryl methyl sites for hydroxylation is 1. The fourth-order valence-corrected chi connectivity index (χ4v) is 4.90. The first-order valence-electron chi connectivity index (χ1n) is 9.02. The summed E-state index contributed by atoms with van der Waals surface area (Å²) in [5.41, 5.74) is 2.35. The Morgan fingerprint density at radius 2 is 2.07 bits per heavy atom. The van der Waals surface area contributed by atoms with E-state index >= 15 is 0 Å². The molecule has 4 rings (SSSR count). The molecule has 3 aromatic rings. The maximum absolute atomic E-state index is 14.0. The Kier molecular flexibility index (Phi) is 4.76. The van der Waals surface area contributed by atoms with Gasteiger partial charge in [-0.2, -0.15) is 14.4 Å². The van der Waals surface area contributed by atoms with Crippen LogP contribution in [0.1, 0.15) is 24.6 Å². The Balaban J connectivity index is 1.71. The molecule has 0 fully saturated rings. The molecule has 10 heteroatoms. The summed E-state index contributed by atoms with van der Waals surface area (Å²) in [4.78, 5) is 4.29. The third-order valence-corrected chi connectivity index (χ3v) is 6.83. The minimum Gasteiger partial charge on any atom is -0.332 e. The van der Waals surface area contributed by atoms with E-state index in [0.717, 1.165) is 11.3 Å². The molecule has 3 heterocycles. The van der Waals surface area contributed by atoms with Crippen molar-refractivity contribution in [2.24, 2.45) is 7.05 Å². The molecule has 0 N–H and O–H groups in total. The SMILES string of the molecule is CCCS(=O)(=O)N1CCc2c(c(-c3nc(-c4ccccc4F)no3)nn2C)C1. The zero-order valence-electron chi connectivity index (χ0n) is 15.6. The monoisotopic (exact) mass is 405 g/mol. The van der Waals surface area contributed by atoms with E-state index in [0.29, 0.717) is 25.1 Å². The first-order valence-corrected chi connectivity index (χ1v) is 10.6. The summed E-state index contributed by atoms with van der Waals surface area (Å²) in [5, 5.41) is 8.33. The first kappa shape index (κ1) is 18.8. The van der Waals surface area contributed by atoms with Gasteiger partial charge in [-0.05, 0) is 18.6 Å². The molecular formula is C18H20FN5O3S. The first-order chi connectivity index (χ1) is 13.4. The smallest absolute Gasteiger partial charge is 0.279 e. The van der Waals surface area contributed by atoms with Gasteiger partial charge < -0.3 is 4.52 Å². The van der Waals surface area contributed by atoms with Crippen LogP contribution in [0.4, 0.5) is 4.39 Å². The minimum absolute atomic E-state index is 0.107. The molecule has 0 atom stereocenters. The summed E-state index contributed by atoms with van der Waals surface area (Å²) in [6, 6.07) is 6.16. The number of halogens is 1. The van der Waals surface area contributed by atoms with E-state index in [1.807, 2.05) is 6.92 Å². The second kappa shape index (κ2) is 7.10. The zero-order chi connectivity index (χ0) is 19.9. The Morgan fingerprint density at radius 1 is 1.29 bits per heavy atom. The molecule has 1 aromatic carbocycles. The molecule has 148 valence electrons. The molecular weight excluding hydrogens is 385 g/mol. The molecule has 0 amide bonds. The zero-order valence-corrected chi connectivity index (χ0v) is 16.4. The highest BCUT2D eigenvalue weighted by Gasteiger charge is 2.32. The van der Waals surface area contributed by atoms with Gasteiger partial charge in [-0.1, -0.05) is 24.2 Å². The van der Waals surface area contributed by atoms with Gasteiger partial charge in [0.25, 0.3) is 5.89 Å². The average Bonchev–Trinajstić information content (AvgIpc) is 3.27. The largest absolute Gasteiger partial charge is 0.332 e. The molecule has 8 nitrogen and oxygen atoms in total. The number of nitrogens with zero attached hydrogens (tertiary/aromatic N) is 5. The van der Waals surface area contributed by atoms with E-state index in [1.54, 1.807) is 29.9 Å². The lowest BCUT2D eigenvalue weighted by molar-refractivity contribution is 0.385. The van der Waals surface area contributed by atoms with Crippen molar-refractivity contribution >= 4 is 10.0 Å². The van der Waals surface area contributed by atoms with E-state index in [-0.39, 0.29) is 29.6 Å². The van der Waals surface area contributed by atoms with Crippen molar-refractivity contribution in [1.82, 2.24) is 24.2 Å². The van der Waals surface area contributed by atoms with Gasteiger partial charge in [0, 0.05) is 37.8 Å². The summed E-state index contributed by atoms with van der Waals surface area (Å²) in [6.45, 7) is 2.46. The van der Waals surface area contributed by atoms with Crippen LogP contribution in [-0.4, -0.2) is 44.9 Å². The van der Waals surface area contributed by atoms with Crippen LogP contribution in [0.15, 0.2) is 28.8 Å². The summed E-state index contributed by atoms with van der Waals surface area (Å²) >= 11 is 0. The topological polar surface area (TPSA) is 94.1 Å². The second-order valence-electron chi connectivity index (χ2n) is 6.70. The third-order valence-electron chi connectivity index (χ3n) is 4.81. The van der Waals surface area contributed by atoms with Gasteiger partial charge in [-0.15, -0.1) is 0 Å². The molecule has 0 spiro atoms. The molecule has 0 bridgehead atoms. The predicted molar refractivity (Wildman–Crippen MR) is 100 cm³/mol. The number of benzene rings is 1. The normalized spacial score (nSPS) is 15.0. The van der Waals surface area contributed by atoms with Crippen molar-refractivity contribution in [3.8, 4) is 23.0 Å². The summed E-state index contributed by atoms with van der Waals surface area (Å²) in [7, 11) is -1.53. The minimum atomic E-state index is -3.33. The summed E-state index contributed by atoms with van der Waals surface area (Å²) in [6.07, 6.45) is 1.11. The van der Waals surface area contributed by atoms with E-state index in [4.69, 9.17) is 4.52 Å². The van der Waals surface area contributed by atoms with Gasteiger partial charge in [0.05, 0.1) is 11.3 Å². The summed E-state index contributed by atoms with van der Waals surface area (Å²) < 4.78 is 47.5. The lowest BCUT2D eigenvalue weighted by atomic mass is 10.1. The highest BCUT2D eigenvalue weighted by Crippen LogP contribution is 2.31. The predicted octanol–water partition coefficient (Wildman–Crippen LogP) is 2.37. The van der Waals surface area contributed by atoms with Crippen LogP contribution in [0.2, 0.25) is 0 Å². The molecule has 2 aromatic heterocycles. The maximum atomic E-state index is 14.0. The molecule has 0 saturated carbocycles. The van der Waals surface area contributed by atoms with Gasteiger partial charge in [0.15, 0.2) is 5.69 Å². The number of aromatic nitrogens is 4. The molecule has 28 heavy (non-hydrogen) atoms. The Morgan fingerprint density at radius 3 is 2.82 bits per heavy atom. The van der Waals surface area contributed by atoms with Crippen molar-refractivity contribution < 1.29 is 17.3 Å². The number of rotatable bonds is 5. The van der Waals surface area contributed by atoms with Gasteiger partial charge in [0.1, 0.15) is 5.82 Å². The van der Waals surface area contributed by atoms with Crippen LogP contribution in [0.25, 0.3) is 23.0 Å². The van der Waals surface area contributed by atoms with E-state index in [9.17, 15) is 12.8 Å². The number of sulfonamides is 1. The second-order valence-corrected chi connectivity index (χ2v) is 8.79. The number of hydrogen-bond acceptors (Lipinski definition) is 6. The van der Waals surface area contributed by atoms with Crippen LogP contribution < -0.4 is 0 Å². The van der Waals surface area contributed by atoms with Crippen molar-refractivity contribution in [3.05, 3.63) is 41.3 Å². The molecule has 1 aliphatic heterocycles. The number of fused-ring (bicyclic) bond motifs is 1. The highest BCUT2D eigenvalue weighted by atomic mass is 32.2. The lowest BCUT2D eigenvalue weighted by Gasteiger charge is -2.26. The molecule has 0 saturated heterocycles. The lowest BCUT2D eigenvalue weighted by Crippen LogP contribution is -2.37. The molecule has 0 radical (unpaired) electrons. The number of hydrogen-bond donors (Lipinski definition) is 0. The van der Waals surface area contributed by atoms with Crippen LogP contribution in [-0.2, 0) is 30.0 Å². The van der Waals surface area contributed by atoms with Crippen LogP contribution in [0, 0.1) is 5.82 Å². The van der Waals surface area contributed by atoms with Gasteiger partial charge in [-0.3, -0.25) is 4.68 Å². The van der Waals surface area contributed by atoms with E-state index in [2.05, 4.69) is 15.2 Å². The van der Waals surface area contributed by atoms with Crippen LogP contribution in [0.3, 0.4) is 0 Å². The van der Waals surface area contributed by atoms with E-state index < -0.39 is 15.8 Å². The van der Waals surface area contributed by atoms with Crippen LogP contribution in [0.5, 0.6) is 0 Å². The fourth-order valence-electron chi connectivity index (χ4n) is 3.44. The van der Waals surface area contributed by atoms with Crippen molar-refractivity contribution in [2.45, 2.75) is 26.3 Å². The fraction of sp³-hybridized carbons (Fsp3) is 0.389.